The lowest BCUT2D eigenvalue weighted by Gasteiger charge is -2.47. The second-order valence-electron chi connectivity index (χ2n) is 6.52. The molecule has 2 N–H and O–H groups in total. The summed E-state index contributed by atoms with van der Waals surface area (Å²) in [5.74, 6) is 0.906. The zero-order valence-electron chi connectivity index (χ0n) is 13.7. The molecule has 1 aliphatic carbocycles. The van der Waals surface area contributed by atoms with E-state index in [1.165, 1.54) is 38.5 Å². The molecular weight excluding hydrogens is 258 g/mol. The Kier molecular flexibility index (Phi) is 6.19. The zero-order valence-corrected chi connectivity index (χ0v) is 13.7. The molecule has 0 atom stereocenters. The highest BCUT2D eigenvalue weighted by atomic mass is 15.2. The fourth-order valence-electron chi connectivity index (χ4n) is 3.71. The van der Waals surface area contributed by atoms with Crippen LogP contribution in [0.1, 0.15) is 58.1 Å². The van der Waals surface area contributed by atoms with Gasteiger partial charge in [0.1, 0.15) is 0 Å². The molecule has 3 nitrogen and oxygen atoms in total. The number of hydrogen-bond donors (Lipinski definition) is 1. The molecule has 1 aromatic heterocycles. The molecule has 118 valence electrons. The van der Waals surface area contributed by atoms with Crippen molar-refractivity contribution in [1.29, 1.82) is 0 Å². The van der Waals surface area contributed by atoms with E-state index in [1.54, 1.807) is 0 Å². The Balaban J connectivity index is 2.11. The summed E-state index contributed by atoms with van der Waals surface area (Å²) in [6.45, 7) is 7.40. The van der Waals surface area contributed by atoms with Crippen LogP contribution in [-0.4, -0.2) is 28.5 Å². The van der Waals surface area contributed by atoms with Gasteiger partial charge in [0.05, 0.1) is 5.69 Å². The second kappa shape index (κ2) is 7.90. The first kappa shape index (κ1) is 16.4. The van der Waals surface area contributed by atoms with Crippen LogP contribution in [0.25, 0.3) is 0 Å². The van der Waals surface area contributed by atoms with E-state index in [-0.39, 0.29) is 5.54 Å². The van der Waals surface area contributed by atoms with Crippen molar-refractivity contribution in [3.05, 3.63) is 30.1 Å². The zero-order chi connectivity index (χ0) is 15.1. The van der Waals surface area contributed by atoms with Crippen molar-refractivity contribution in [3.63, 3.8) is 0 Å². The van der Waals surface area contributed by atoms with E-state index in [0.29, 0.717) is 0 Å². The van der Waals surface area contributed by atoms with Crippen LogP contribution in [-0.2, 0) is 6.54 Å². The molecule has 0 aliphatic heterocycles. The van der Waals surface area contributed by atoms with Crippen LogP contribution >= 0.6 is 0 Å². The quantitative estimate of drug-likeness (QED) is 0.834. The topological polar surface area (TPSA) is 42.2 Å². The highest BCUT2D eigenvalue weighted by Crippen LogP contribution is 2.38. The standard InChI is InChI=1S/C18H31N3/c1-3-13-21(14-17-7-5-6-12-20-17)18(15-19)10-8-16(4-2)9-11-18/h5-7,12,16H,3-4,8-11,13-15,19H2,1-2H3. The molecule has 1 aliphatic rings. The molecule has 3 heteroatoms. The highest BCUT2D eigenvalue weighted by molar-refractivity contribution is 5.06. The van der Waals surface area contributed by atoms with Gasteiger partial charge in [-0.2, -0.15) is 0 Å². The summed E-state index contributed by atoms with van der Waals surface area (Å²) in [7, 11) is 0. The maximum absolute atomic E-state index is 6.25. The van der Waals surface area contributed by atoms with Gasteiger partial charge in [0.25, 0.3) is 0 Å². The molecule has 0 spiro atoms. The third-order valence-corrected chi connectivity index (χ3v) is 5.24. The van der Waals surface area contributed by atoms with Gasteiger partial charge in [-0.1, -0.05) is 26.3 Å². The van der Waals surface area contributed by atoms with Crippen LogP contribution in [0, 0.1) is 5.92 Å². The average Bonchev–Trinajstić information content (AvgIpc) is 2.55. The number of nitrogens with two attached hydrogens (primary N) is 1. The third-order valence-electron chi connectivity index (χ3n) is 5.24. The fourth-order valence-corrected chi connectivity index (χ4v) is 3.71. The molecule has 0 aromatic carbocycles. The van der Waals surface area contributed by atoms with E-state index in [9.17, 15) is 0 Å². The van der Waals surface area contributed by atoms with Crippen molar-refractivity contribution in [2.75, 3.05) is 13.1 Å². The van der Waals surface area contributed by atoms with Crippen LogP contribution in [0.4, 0.5) is 0 Å². The van der Waals surface area contributed by atoms with Crippen LogP contribution in [0.5, 0.6) is 0 Å². The van der Waals surface area contributed by atoms with Crippen LogP contribution in [0.2, 0.25) is 0 Å². The summed E-state index contributed by atoms with van der Waals surface area (Å²) in [4.78, 5) is 7.12. The highest BCUT2D eigenvalue weighted by Gasteiger charge is 2.38. The van der Waals surface area contributed by atoms with Gasteiger partial charge in [0.15, 0.2) is 0 Å². The molecule has 1 aromatic rings. The first-order chi connectivity index (χ1) is 10.2. The monoisotopic (exact) mass is 289 g/mol. The van der Waals surface area contributed by atoms with E-state index in [2.05, 4.69) is 35.9 Å². The molecule has 1 fully saturated rings. The molecule has 0 radical (unpaired) electrons. The van der Waals surface area contributed by atoms with Crippen molar-refractivity contribution in [1.82, 2.24) is 9.88 Å². The van der Waals surface area contributed by atoms with Gasteiger partial charge in [-0.05, 0) is 56.7 Å². The lowest BCUT2D eigenvalue weighted by molar-refractivity contribution is 0.0338. The van der Waals surface area contributed by atoms with E-state index in [1.807, 2.05) is 12.3 Å². The van der Waals surface area contributed by atoms with Crippen LogP contribution in [0.3, 0.4) is 0 Å². The van der Waals surface area contributed by atoms with Gasteiger partial charge in [0.2, 0.25) is 0 Å². The third kappa shape index (κ3) is 4.04. The van der Waals surface area contributed by atoms with Crippen LogP contribution < -0.4 is 5.73 Å². The summed E-state index contributed by atoms with van der Waals surface area (Å²) in [6.07, 6.45) is 9.53. The average molecular weight is 289 g/mol. The van der Waals surface area contributed by atoms with Gasteiger partial charge < -0.3 is 5.73 Å². The molecule has 1 heterocycles. The first-order valence-corrected chi connectivity index (χ1v) is 8.59. The maximum atomic E-state index is 6.25. The Hall–Kier alpha value is -0.930. The lowest BCUT2D eigenvalue weighted by atomic mass is 9.74. The maximum Gasteiger partial charge on any atom is 0.0544 e. The van der Waals surface area contributed by atoms with Crippen molar-refractivity contribution < 1.29 is 0 Å². The Morgan fingerprint density at radius 2 is 2.05 bits per heavy atom. The predicted octanol–water partition coefficient (Wildman–Crippen LogP) is 3.59. The molecule has 0 unspecified atom stereocenters. The SMILES string of the molecule is CCCN(Cc1ccccn1)C1(CN)CCC(CC)CC1. The molecule has 21 heavy (non-hydrogen) atoms. The summed E-state index contributed by atoms with van der Waals surface area (Å²) >= 11 is 0. The second-order valence-corrected chi connectivity index (χ2v) is 6.52. The van der Waals surface area contributed by atoms with Gasteiger partial charge in [0, 0.05) is 24.8 Å². The van der Waals surface area contributed by atoms with Crippen LogP contribution in [0.15, 0.2) is 24.4 Å². The smallest absolute Gasteiger partial charge is 0.0544 e. The first-order valence-electron chi connectivity index (χ1n) is 8.59. The Labute approximate surface area is 129 Å². The van der Waals surface area contributed by atoms with Crippen molar-refractivity contribution in [2.24, 2.45) is 11.7 Å². The number of pyridine rings is 1. The van der Waals surface area contributed by atoms with Crippen molar-refractivity contribution in [3.8, 4) is 0 Å². The van der Waals surface area contributed by atoms with Crippen molar-refractivity contribution in [2.45, 2.75) is 64.5 Å². The Morgan fingerprint density at radius 3 is 2.57 bits per heavy atom. The molecule has 0 saturated heterocycles. The number of rotatable bonds is 7. The van der Waals surface area contributed by atoms with Crippen molar-refractivity contribution >= 4 is 0 Å². The van der Waals surface area contributed by atoms with E-state index >= 15 is 0 Å². The predicted molar refractivity (Wildman–Crippen MR) is 89.0 cm³/mol. The summed E-state index contributed by atoms with van der Waals surface area (Å²) in [5.41, 5.74) is 7.60. The molecule has 0 bridgehead atoms. The van der Waals surface area contributed by atoms with Gasteiger partial charge in [-0.3, -0.25) is 9.88 Å². The number of hydrogen-bond acceptors (Lipinski definition) is 3. The summed E-state index contributed by atoms with van der Waals surface area (Å²) in [5, 5.41) is 0. The van der Waals surface area contributed by atoms with Gasteiger partial charge >= 0.3 is 0 Å². The molecule has 0 amide bonds. The van der Waals surface area contributed by atoms with Gasteiger partial charge in [-0.25, -0.2) is 0 Å². The van der Waals surface area contributed by atoms with E-state index < -0.39 is 0 Å². The minimum Gasteiger partial charge on any atom is -0.329 e. The fraction of sp³-hybridized carbons (Fsp3) is 0.722. The summed E-state index contributed by atoms with van der Waals surface area (Å²) < 4.78 is 0. The minimum absolute atomic E-state index is 0.194. The molecule has 1 saturated carbocycles. The number of nitrogens with zero attached hydrogens (tertiary/aromatic N) is 2. The largest absolute Gasteiger partial charge is 0.329 e. The molecule has 2 rings (SSSR count). The number of aromatic nitrogens is 1. The lowest BCUT2D eigenvalue weighted by Crippen LogP contribution is -2.55. The Morgan fingerprint density at radius 1 is 1.29 bits per heavy atom. The van der Waals surface area contributed by atoms with Gasteiger partial charge in [-0.15, -0.1) is 0 Å². The van der Waals surface area contributed by atoms with E-state index in [0.717, 1.165) is 31.2 Å². The minimum atomic E-state index is 0.194. The summed E-state index contributed by atoms with van der Waals surface area (Å²) in [6, 6.07) is 6.19. The molecular formula is C18H31N3. The Bertz CT molecular complexity index is 396. The normalized spacial score (nSPS) is 26.2. The van der Waals surface area contributed by atoms with E-state index in [4.69, 9.17) is 5.73 Å².